The highest BCUT2D eigenvalue weighted by Gasteiger charge is 2.03. The van der Waals surface area contributed by atoms with Crippen molar-refractivity contribution in [1.82, 2.24) is 9.80 Å². The lowest BCUT2D eigenvalue weighted by atomic mass is 10.3. The zero-order valence-electron chi connectivity index (χ0n) is 8.14. The summed E-state index contributed by atoms with van der Waals surface area (Å²) in [5.74, 6) is 18.9. The number of nitrogens with zero attached hydrogens (tertiary/aromatic N) is 2. The molecule has 3 rings (SSSR count). The third-order valence-electron chi connectivity index (χ3n) is 2.19. The van der Waals surface area contributed by atoms with Crippen LogP contribution in [0.15, 0.2) is 0 Å². The zero-order valence-corrected chi connectivity index (χ0v) is 8.14. The van der Waals surface area contributed by atoms with E-state index in [1.807, 2.05) is 0 Å². The summed E-state index contributed by atoms with van der Waals surface area (Å²) in [5, 5.41) is 0. The van der Waals surface area contributed by atoms with E-state index in [-0.39, 0.29) is 0 Å². The third kappa shape index (κ3) is 2.54. The molecule has 0 atom stereocenters. The molecule has 0 saturated heterocycles. The first-order valence-electron chi connectivity index (χ1n) is 4.77. The fourth-order valence-corrected chi connectivity index (χ4v) is 1.34. The minimum absolute atomic E-state index is 0.789. The Labute approximate surface area is 85.3 Å². The molecule has 2 heteroatoms. The summed E-state index contributed by atoms with van der Waals surface area (Å²) in [6.45, 7) is 4.73. The summed E-state index contributed by atoms with van der Waals surface area (Å²) < 4.78 is 0. The van der Waals surface area contributed by atoms with Gasteiger partial charge in [0.2, 0.25) is 0 Å². The molecule has 3 heterocycles. The van der Waals surface area contributed by atoms with Crippen LogP contribution in [0.3, 0.4) is 0 Å². The summed E-state index contributed by atoms with van der Waals surface area (Å²) in [6, 6.07) is 0. The Morgan fingerprint density at radius 1 is 0.429 bits per heavy atom. The van der Waals surface area contributed by atoms with E-state index >= 15 is 0 Å². The lowest BCUT2D eigenvalue weighted by Gasteiger charge is -2.17. The maximum Gasteiger partial charge on any atom is 0.0619 e. The van der Waals surface area contributed by atoms with Gasteiger partial charge in [0.1, 0.15) is 0 Å². The van der Waals surface area contributed by atoms with E-state index in [2.05, 4.69) is 45.3 Å². The molecule has 3 aliphatic heterocycles. The molecule has 2 nitrogen and oxygen atoms in total. The highest BCUT2D eigenvalue weighted by Crippen LogP contribution is 1.91. The zero-order chi connectivity index (χ0) is 9.64. The van der Waals surface area contributed by atoms with E-state index in [1.165, 1.54) is 0 Å². The molecule has 0 fully saturated rings. The van der Waals surface area contributed by atoms with Crippen LogP contribution in [-0.4, -0.2) is 49.1 Å². The fourth-order valence-electron chi connectivity index (χ4n) is 1.34. The maximum absolute atomic E-state index is 3.15. The number of hydrogen-bond donors (Lipinski definition) is 0. The number of fused-ring (bicyclic) bond motifs is 6. The second-order valence-electron chi connectivity index (χ2n) is 3.35. The van der Waals surface area contributed by atoms with E-state index in [4.69, 9.17) is 0 Å². The minimum atomic E-state index is 0.789. The molecule has 0 aromatic carbocycles. The smallest absolute Gasteiger partial charge is 0.0619 e. The Hall–Kier alpha value is -1.40. The molecule has 0 saturated carbocycles. The normalized spacial score (nSPS) is 29.1. The molecule has 14 heavy (non-hydrogen) atoms. The van der Waals surface area contributed by atoms with E-state index in [1.54, 1.807) is 0 Å². The van der Waals surface area contributed by atoms with Crippen LogP contribution >= 0.6 is 0 Å². The second kappa shape index (κ2) is 4.73. The number of hydrogen-bond acceptors (Lipinski definition) is 2. The van der Waals surface area contributed by atoms with Gasteiger partial charge in [0.15, 0.2) is 0 Å². The average Bonchev–Trinajstić information content (AvgIpc) is 2.25. The van der Waals surface area contributed by atoms with E-state index in [9.17, 15) is 0 Å². The molecule has 0 radical (unpaired) electrons. The topological polar surface area (TPSA) is 6.48 Å². The summed E-state index contributed by atoms with van der Waals surface area (Å²) >= 11 is 0. The summed E-state index contributed by atoms with van der Waals surface area (Å²) in [6.07, 6.45) is 0. The predicted molar refractivity (Wildman–Crippen MR) is 56.2 cm³/mol. The average molecular weight is 184 g/mol. The van der Waals surface area contributed by atoms with Crippen molar-refractivity contribution in [3.05, 3.63) is 0 Å². The van der Waals surface area contributed by atoms with Gasteiger partial charge >= 0.3 is 0 Å². The van der Waals surface area contributed by atoms with Gasteiger partial charge in [0, 0.05) is 0 Å². The second-order valence-corrected chi connectivity index (χ2v) is 3.35. The largest absolute Gasteiger partial charge is 0.270 e. The lowest BCUT2D eigenvalue weighted by Crippen LogP contribution is -2.30. The van der Waals surface area contributed by atoms with Gasteiger partial charge in [-0.15, -0.1) is 0 Å². The van der Waals surface area contributed by atoms with Gasteiger partial charge in [-0.3, -0.25) is 9.80 Å². The van der Waals surface area contributed by atoms with Crippen LogP contribution in [0, 0.1) is 35.5 Å². The molecule has 0 aromatic rings. The first kappa shape index (κ1) is 9.17. The Kier molecular flexibility index (Phi) is 3.10. The van der Waals surface area contributed by atoms with E-state index < -0.39 is 0 Å². The molecule has 3 aliphatic rings. The highest BCUT2D eigenvalue weighted by atomic mass is 15.1. The Morgan fingerprint density at radius 2 is 0.643 bits per heavy atom. The van der Waals surface area contributed by atoms with Crippen LogP contribution in [0.25, 0.3) is 0 Å². The first-order chi connectivity index (χ1) is 6.95. The van der Waals surface area contributed by atoms with E-state index in [0.29, 0.717) is 0 Å². The van der Waals surface area contributed by atoms with Crippen molar-refractivity contribution in [2.45, 2.75) is 0 Å². The van der Waals surface area contributed by atoms with Gasteiger partial charge in [0.05, 0.1) is 39.3 Å². The first-order valence-corrected chi connectivity index (χ1v) is 4.77. The van der Waals surface area contributed by atoms with Crippen molar-refractivity contribution in [3.8, 4) is 35.5 Å². The standard InChI is InChI=1S/C12H12N2/c1-2-8-14-11-5-3-9-13(7-1)10-4-6-12-14/h7-12H2. The van der Waals surface area contributed by atoms with Gasteiger partial charge in [-0.2, -0.15) is 0 Å². The summed E-state index contributed by atoms with van der Waals surface area (Å²) in [5.41, 5.74) is 0. The lowest BCUT2D eigenvalue weighted by molar-refractivity contribution is 0.371. The minimum Gasteiger partial charge on any atom is -0.270 e. The molecular formula is C12H12N2. The van der Waals surface area contributed by atoms with Crippen molar-refractivity contribution in [2.24, 2.45) is 0 Å². The monoisotopic (exact) mass is 184 g/mol. The van der Waals surface area contributed by atoms with Crippen LogP contribution in [0.1, 0.15) is 0 Å². The van der Waals surface area contributed by atoms with Crippen LogP contribution < -0.4 is 0 Å². The van der Waals surface area contributed by atoms with Crippen LogP contribution in [0.5, 0.6) is 0 Å². The Balaban J connectivity index is 2.19. The van der Waals surface area contributed by atoms with Crippen molar-refractivity contribution in [2.75, 3.05) is 39.3 Å². The molecule has 0 spiro atoms. The molecular weight excluding hydrogens is 172 g/mol. The molecule has 0 N–H and O–H groups in total. The Bertz CT molecular complexity index is 286. The predicted octanol–water partition coefficient (Wildman–Crippen LogP) is -0.372. The van der Waals surface area contributed by atoms with Gasteiger partial charge in [0.25, 0.3) is 0 Å². The van der Waals surface area contributed by atoms with E-state index in [0.717, 1.165) is 39.3 Å². The number of rotatable bonds is 0. The maximum atomic E-state index is 3.15. The van der Waals surface area contributed by atoms with Gasteiger partial charge in [-0.05, 0) is 0 Å². The summed E-state index contributed by atoms with van der Waals surface area (Å²) in [7, 11) is 0. The van der Waals surface area contributed by atoms with Crippen LogP contribution in [0.2, 0.25) is 0 Å². The van der Waals surface area contributed by atoms with Gasteiger partial charge in [-0.1, -0.05) is 35.5 Å². The molecule has 0 aromatic heterocycles. The fraction of sp³-hybridized carbons (Fsp3) is 0.500. The summed E-state index contributed by atoms with van der Waals surface area (Å²) in [4.78, 5) is 4.35. The van der Waals surface area contributed by atoms with Crippen molar-refractivity contribution in [1.29, 1.82) is 0 Å². The molecule has 2 bridgehead atoms. The molecule has 0 amide bonds. The van der Waals surface area contributed by atoms with Gasteiger partial charge < -0.3 is 0 Å². The van der Waals surface area contributed by atoms with Crippen LogP contribution in [0.4, 0.5) is 0 Å². The highest BCUT2D eigenvalue weighted by molar-refractivity contribution is 5.15. The van der Waals surface area contributed by atoms with Crippen molar-refractivity contribution < 1.29 is 0 Å². The quantitative estimate of drug-likeness (QED) is 0.474. The Morgan fingerprint density at radius 3 is 0.857 bits per heavy atom. The van der Waals surface area contributed by atoms with Crippen LogP contribution in [-0.2, 0) is 0 Å². The molecule has 0 unspecified atom stereocenters. The molecule has 70 valence electrons. The molecule has 0 aliphatic carbocycles. The third-order valence-corrected chi connectivity index (χ3v) is 2.19. The van der Waals surface area contributed by atoms with Crippen molar-refractivity contribution in [3.63, 3.8) is 0 Å². The SMILES string of the molecule is C1#CCN2CC#CCN(C1)CC#CC2. The van der Waals surface area contributed by atoms with Crippen molar-refractivity contribution >= 4 is 0 Å². The van der Waals surface area contributed by atoms with Gasteiger partial charge in [-0.25, -0.2) is 0 Å².